The molecule has 0 aliphatic carbocycles. The number of hydrogen-bond donors (Lipinski definition) is 1. The molecule has 172 valence electrons. The molecule has 0 aliphatic heterocycles. The number of benzene rings is 3. The minimum atomic E-state index is -0.417. The average molecular weight is 471 g/mol. The van der Waals surface area contributed by atoms with Gasteiger partial charge in [0.1, 0.15) is 18.2 Å². The minimum absolute atomic E-state index is 0.166. The smallest absolute Gasteiger partial charge is 0.271 e. The van der Waals surface area contributed by atoms with E-state index in [9.17, 15) is 9.18 Å². The van der Waals surface area contributed by atoms with Gasteiger partial charge in [0.25, 0.3) is 5.91 Å². The maximum Gasteiger partial charge on any atom is 0.271 e. The van der Waals surface area contributed by atoms with E-state index in [1.165, 1.54) is 18.3 Å². The van der Waals surface area contributed by atoms with Crippen molar-refractivity contribution in [3.05, 3.63) is 88.2 Å². The molecule has 0 saturated carbocycles. The molecule has 3 rings (SSSR count). The number of rotatable bonds is 10. The van der Waals surface area contributed by atoms with Crippen molar-refractivity contribution in [3.63, 3.8) is 0 Å². The number of hydrazone groups is 1. The zero-order valence-electron chi connectivity index (χ0n) is 18.3. The lowest BCUT2D eigenvalue weighted by Crippen LogP contribution is -2.18. The van der Waals surface area contributed by atoms with Crippen molar-refractivity contribution in [1.82, 2.24) is 5.43 Å². The van der Waals surface area contributed by atoms with E-state index >= 15 is 0 Å². The highest BCUT2D eigenvalue weighted by molar-refractivity contribution is 6.30. The van der Waals surface area contributed by atoms with Crippen LogP contribution in [0.3, 0.4) is 0 Å². The summed E-state index contributed by atoms with van der Waals surface area (Å²) in [4.78, 5) is 12.5. The predicted octanol–water partition coefficient (Wildman–Crippen LogP) is 5.62. The molecule has 33 heavy (non-hydrogen) atoms. The van der Waals surface area contributed by atoms with E-state index in [0.29, 0.717) is 52.2 Å². The number of hydrogen-bond acceptors (Lipinski definition) is 5. The number of carbonyl (C=O) groups excluding carboxylic acids is 1. The molecular weight excluding hydrogens is 447 g/mol. The Bertz CT molecular complexity index is 1140. The van der Waals surface area contributed by atoms with Gasteiger partial charge in [-0.3, -0.25) is 4.79 Å². The third kappa shape index (κ3) is 6.95. The van der Waals surface area contributed by atoms with Gasteiger partial charge in [-0.15, -0.1) is 0 Å². The summed E-state index contributed by atoms with van der Waals surface area (Å²) in [5, 5.41) is 4.51. The fraction of sp³-hybridized carbons (Fsp3) is 0.200. The van der Waals surface area contributed by atoms with E-state index < -0.39 is 5.91 Å². The maximum atomic E-state index is 13.4. The van der Waals surface area contributed by atoms with Crippen LogP contribution >= 0.6 is 11.6 Å². The second-order valence-electron chi connectivity index (χ2n) is 6.83. The Balaban J connectivity index is 1.70. The fourth-order valence-electron chi connectivity index (χ4n) is 2.96. The Morgan fingerprint density at radius 1 is 0.970 bits per heavy atom. The van der Waals surface area contributed by atoms with Crippen molar-refractivity contribution < 1.29 is 23.4 Å². The predicted molar refractivity (Wildman–Crippen MR) is 126 cm³/mol. The normalized spacial score (nSPS) is 10.8. The SMILES string of the molecule is CCOc1ccc(C(=O)N/N=C/c2cc(Cl)ccc2OCc2cccc(F)c2)cc1OCC. The van der Waals surface area contributed by atoms with Crippen LogP contribution in [0.15, 0.2) is 65.8 Å². The summed E-state index contributed by atoms with van der Waals surface area (Å²) >= 11 is 6.10. The molecule has 0 atom stereocenters. The van der Waals surface area contributed by atoms with Gasteiger partial charge >= 0.3 is 0 Å². The summed E-state index contributed by atoms with van der Waals surface area (Å²) in [6, 6.07) is 16.1. The number of nitrogens with zero attached hydrogens (tertiary/aromatic N) is 1. The topological polar surface area (TPSA) is 69.2 Å². The van der Waals surface area contributed by atoms with Gasteiger partial charge in [-0.25, -0.2) is 9.82 Å². The lowest BCUT2D eigenvalue weighted by molar-refractivity contribution is 0.0954. The van der Waals surface area contributed by atoms with Crippen LogP contribution in [0.4, 0.5) is 4.39 Å². The lowest BCUT2D eigenvalue weighted by Gasteiger charge is -2.12. The Labute approximate surface area is 196 Å². The monoisotopic (exact) mass is 470 g/mol. The standard InChI is InChI=1S/C25H24ClFN2O4/c1-3-31-23-10-8-18(14-24(23)32-4-2)25(30)29-28-15-19-13-20(26)9-11-22(19)33-16-17-6-5-7-21(27)12-17/h5-15H,3-4,16H2,1-2H3,(H,29,30)/b28-15+. The highest BCUT2D eigenvalue weighted by atomic mass is 35.5. The van der Waals surface area contributed by atoms with E-state index in [-0.39, 0.29) is 12.4 Å². The summed E-state index contributed by atoms with van der Waals surface area (Å²) in [6.45, 7) is 4.82. The third-order valence-electron chi connectivity index (χ3n) is 4.43. The van der Waals surface area contributed by atoms with Gasteiger partial charge in [-0.2, -0.15) is 5.10 Å². The molecule has 0 bridgehead atoms. The molecule has 0 unspecified atom stereocenters. The molecule has 3 aromatic carbocycles. The number of carbonyl (C=O) groups is 1. The van der Waals surface area contributed by atoms with Gasteiger partial charge in [0.2, 0.25) is 0 Å². The molecule has 0 saturated heterocycles. The van der Waals surface area contributed by atoms with Gasteiger partial charge in [0.05, 0.1) is 19.4 Å². The lowest BCUT2D eigenvalue weighted by atomic mass is 10.2. The first kappa shape index (κ1) is 24.1. The molecule has 8 heteroatoms. The first-order chi connectivity index (χ1) is 16.0. The van der Waals surface area contributed by atoms with Gasteiger partial charge in [0, 0.05) is 16.1 Å². The van der Waals surface area contributed by atoms with Crippen molar-refractivity contribution in [3.8, 4) is 17.2 Å². The molecule has 6 nitrogen and oxygen atoms in total. The van der Waals surface area contributed by atoms with E-state index in [1.807, 2.05) is 13.8 Å². The first-order valence-corrected chi connectivity index (χ1v) is 10.8. The zero-order valence-corrected chi connectivity index (χ0v) is 19.1. The number of ether oxygens (including phenoxy) is 3. The van der Waals surface area contributed by atoms with Crippen LogP contribution in [0.5, 0.6) is 17.2 Å². The van der Waals surface area contributed by atoms with Crippen molar-refractivity contribution in [1.29, 1.82) is 0 Å². The third-order valence-corrected chi connectivity index (χ3v) is 4.67. The van der Waals surface area contributed by atoms with E-state index in [0.717, 1.165) is 0 Å². The number of amides is 1. The molecule has 0 fully saturated rings. The fourth-order valence-corrected chi connectivity index (χ4v) is 3.14. The summed E-state index contributed by atoms with van der Waals surface area (Å²) in [5.41, 5.74) is 4.09. The summed E-state index contributed by atoms with van der Waals surface area (Å²) < 4.78 is 30.3. The largest absolute Gasteiger partial charge is 0.490 e. The minimum Gasteiger partial charge on any atom is -0.490 e. The van der Waals surface area contributed by atoms with E-state index in [4.69, 9.17) is 25.8 Å². The van der Waals surface area contributed by atoms with Crippen LogP contribution in [0.1, 0.15) is 35.3 Å². The second-order valence-corrected chi connectivity index (χ2v) is 7.26. The Hall–Kier alpha value is -3.58. The molecule has 3 aromatic rings. The zero-order chi connectivity index (χ0) is 23.6. The highest BCUT2D eigenvalue weighted by Gasteiger charge is 2.11. The average Bonchev–Trinajstić information content (AvgIpc) is 2.80. The Morgan fingerprint density at radius 2 is 1.73 bits per heavy atom. The van der Waals surface area contributed by atoms with Gasteiger partial charge in [0.15, 0.2) is 11.5 Å². The molecular formula is C25H24ClFN2O4. The van der Waals surface area contributed by atoms with Gasteiger partial charge in [-0.05, 0) is 67.9 Å². The number of halogens is 2. The van der Waals surface area contributed by atoms with Crippen LogP contribution in [0.25, 0.3) is 0 Å². The van der Waals surface area contributed by atoms with Crippen LogP contribution < -0.4 is 19.6 Å². The van der Waals surface area contributed by atoms with Gasteiger partial charge < -0.3 is 14.2 Å². The molecule has 0 aromatic heterocycles. The highest BCUT2D eigenvalue weighted by Crippen LogP contribution is 2.28. The van der Waals surface area contributed by atoms with Crippen LogP contribution in [0, 0.1) is 5.82 Å². The molecule has 1 N–H and O–H groups in total. The van der Waals surface area contributed by atoms with Crippen LogP contribution in [-0.4, -0.2) is 25.3 Å². The summed E-state index contributed by atoms with van der Waals surface area (Å²) in [5.74, 6) is 0.789. The Kier molecular flexibility index (Phi) is 8.66. The maximum absolute atomic E-state index is 13.4. The van der Waals surface area contributed by atoms with Crippen molar-refractivity contribution in [2.75, 3.05) is 13.2 Å². The Morgan fingerprint density at radius 3 is 2.48 bits per heavy atom. The molecule has 0 heterocycles. The summed E-state index contributed by atoms with van der Waals surface area (Å²) in [6.07, 6.45) is 1.43. The van der Waals surface area contributed by atoms with E-state index in [2.05, 4.69) is 10.5 Å². The molecule has 0 radical (unpaired) electrons. The van der Waals surface area contributed by atoms with Crippen molar-refractivity contribution in [2.24, 2.45) is 5.10 Å². The van der Waals surface area contributed by atoms with Crippen LogP contribution in [-0.2, 0) is 6.61 Å². The second kappa shape index (κ2) is 11.9. The quantitative estimate of drug-likeness (QED) is 0.308. The molecule has 0 aliphatic rings. The van der Waals surface area contributed by atoms with E-state index in [1.54, 1.807) is 48.5 Å². The molecule has 1 amide bonds. The first-order valence-electron chi connectivity index (χ1n) is 10.4. The van der Waals surface area contributed by atoms with Gasteiger partial charge in [-0.1, -0.05) is 23.7 Å². The van der Waals surface area contributed by atoms with Crippen LogP contribution in [0.2, 0.25) is 5.02 Å². The number of nitrogens with one attached hydrogen (secondary N) is 1. The molecule has 0 spiro atoms. The summed E-state index contributed by atoms with van der Waals surface area (Å²) in [7, 11) is 0. The van der Waals surface area contributed by atoms with Crippen molar-refractivity contribution in [2.45, 2.75) is 20.5 Å². The van der Waals surface area contributed by atoms with Crippen molar-refractivity contribution >= 4 is 23.7 Å².